The quantitative estimate of drug-likeness (QED) is 0.638. The molecule has 0 aromatic rings. The molecule has 1 N–H and O–H groups in total. The number of rotatable bonds is 3. The smallest absolute Gasteiger partial charge is 0.308 e. The number of esters is 1. The molecule has 1 rings (SSSR count). The van der Waals surface area contributed by atoms with Gasteiger partial charge in [0.15, 0.2) is 12.1 Å². The lowest BCUT2D eigenvalue weighted by atomic mass is 10.1. The van der Waals surface area contributed by atoms with Gasteiger partial charge in [0.2, 0.25) is 0 Å². The predicted octanol–water partition coefficient (Wildman–Crippen LogP) is -0.218. The molecule has 0 aromatic heterocycles. The van der Waals surface area contributed by atoms with E-state index >= 15 is 0 Å². The largest absolute Gasteiger partial charge is 0.466 e. The summed E-state index contributed by atoms with van der Waals surface area (Å²) in [7, 11) is 0. The standard InChI is InChI=1S/C9H12O5/c1-2-13-9(12)5-7-6(10)3-4-8(11)14-7/h3-4,7-8,11H,2,5H2,1H3/t7-,8?/m0/s1. The molecule has 0 aliphatic carbocycles. The maximum absolute atomic E-state index is 11.1. The second kappa shape index (κ2) is 4.88. The lowest BCUT2D eigenvalue weighted by Crippen LogP contribution is -2.33. The van der Waals surface area contributed by atoms with Crippen LogP contribution in [0.15, 0.2) is 12.2 Å². The van der Waals surface area contributed by atoms with Gasteiger partial charge in [0.05, 0.1) is 13.0 Å². The first kappa shape index (κ1) is 10.9. The molecule has 1 aliphatic heterocycles. The van der Waals surface area contributed by atoms with E-state index in [9.17, 15) is 9.59 Å². The number of ether oxygens (including phenoxy) is 2. The first-order valence-electron chi connectivity index (χ1n) is 4.34. The summed E-state index contributed by atoms with van der Waals surface area (Å²) in [4.78, 5) is 22.2. The third-order valence-electron chi connectivity index (χ3n) is 1.70. The van der Waals surface area contributed by atoms with E-state index in [0.717, 1.165) is 0 Å². The zero-order chi connectivity index (χ0) is 10.6. The number of carbonyl (C=O) groups excluding carboxylic acids is 2. The first-order chi connectivity index (χ1) is 6.63. The minimum atomic E-state index is -1.12. The highest BCUT2D eigenvalue weighted by molar-refractivity contribution is 5.96. The summed E-state index contributed by atoms with van der Waals surface area (Å²) in [5.74, 6) is -0.836. The molecule has 0 bridgehead atoms. The summed E-state index contributed by atoms with van der Waals surface area (Å²) >= 11 is 0. The molecule has 1 aliphatic rings. The maximum atomic E-state index is 11.1. The molecular formula is C9H12O5. The summed E-state index contributed by atoms with van der Waals surface area (Å²) in [6, 6.07) is 0. The molecule has 0 saturated heterocycles. The van der Waals surface area contributed by atoms with Gasteiger partial charge in [-0.1, -0.05) is 0 Å². The zero-order valence-corrected chi connectivity index (χ0v) is 7.80. The van der Waals surface area contributed by atoms with Crippen LogP contribution in [0.3, 0.4) is 0 Å². The van der Waals surface area contributed by atoms with E-state index in [-0.39, 0.29) is 18.8 Å². The Morgan fingerprint density at radius 1 is 1.71 bits per heavy atom. The fourth-order valence-corrected chi connectivity index (χ4v) is 1.09. The molecule has 78 valence electrons. The van der Waals surface area contributed by atoms with Crippen LogP contribution in [0.5, 0.6) is 0 Å². The van der Waals surface area contributed by atoms with Crippen molar-refractivity contribution in [1.82, 2.24) is 0 Å². The Bertz CT molecular complexity index is 258. The van der Waals surface area contributed by atoms with Gasteiger partial charge in [-0.2, -0.15) is 0 Å². The average molecular weight is 200 g/mol. The van der Waals surface area contributed by atoms with Crippen molar-refractivity contribution in [3.8, 4) is 0 Å². The van der Waals surface area contributed by atoms with Crippen LogP contribution in [0.4, 0.5) is 0 Å². The zero-order valence-electron chi connectivity index (χ0n) is 7.80. The van der Waals surface area contributed by atoms with Crippen molar-refractivity contribution in [2.45, 2.75) is 25.7 Å². The molecule has 0 amide bonds. The number of aliphatic hydroxyl groups excluding tert-OH is 1. The molecule has 1 unspecified atom stereocenters. The highest BCUT2D eigenvalue weighted by Crippen LogP contribution is 2.11. The van der Waals surface area contributed by atoms with E-state index in [0.29, 0.717) is 0 Å². The Kier molecular flexibility index (Phi) is 3.79. The van der Waals surface area contributed by atoms with E-state index in [1.54, 1.807) is 6.92 Å². The van der Waals surface area contributed by atoms with Crippen molar-refractivity contribution in [3.05, 3.63) is 12.2 Å². The Hall–Kier alpha value is -1.20. The topological polar surface area (TPSA) is 72.8 Å². The fraction of sp³-hybridized carbons (Fsp3) is 0.556. The second-order valence-corrected chi connectivity index (χ2v) is 2.79. The summed E-state index contributed by atoms with van der Waals surface area (Å²) in [5.41, 5.74) is 0. The van der Waals surface area contributed by atoms with Crippen molar-refractivity contribution in [3.63, 3.8) is 0 Å². The van der Waals surface area contributed by atoms with Crippen LogP contribution in [0.1, 0.15) is 13.3 Å². The van der Waals surface area contributed by atoms with Gasteiger partial charge in [-0.25, -0.2) is 0 Å². The SMILES string of the molecule is CCOC(=O)C[C@@H]1OC(O)C=CC1=O. The monoisotopic (exact) mass is 200 g/mol. The van der Waals surface area contributed by atoms with E-state index in [4.69, 9.17) is 9.84 Å². The van der Waals surface area contributed by atoms with Crippen LogP contribution >= 0.6 is 0 Å². The molecule has 0 saturated carbocycles. The minimum Gasteiger partial charge on any atom is -0.466 e. The van der Waals surface area contributed by atoms with Gasteiger partial charge in [0, 0.05) is 0 Å². The van der Waals surface area contributed by atoms with Crippen LogP contribution in [0.25, 0.3) is 0 Å². The lowest BCUT2D eigenvalue weighted by Gasteiger charge is -2.20. The van der Waals surface area contributed by atoms with Crippen molar-refractivity contribution >= 4 is 11.8 Å². The van der Waals surface area contributed by atoms with E-state index in [1.165, 1.54) is 12.2 Å². The Balaban J connectivity index is 2.48. The van der Waals surface area contributed by atoms with Crippen molar-refractivity contribution in [2.24, 2.45) is 0 Å². The van der Waals surface area contributed by atoms with E-state index in [1.807, 2.05) is 0 Å². The normalized spacial score (nSPS) is 26.3. The lowest BCUT2D eigenvalue weighted by molar-refractivity contribution is -0.161. The average Bonchev–Trinajstić information content (AvgIpc) is 2.12. The van der Waals surface area contributed by atoms with Crippen molar-refractivity contribution in [2.75, 3.05) is 6.61 Å². The van der Waals surface area contributed by atoms with Crippen molar-refractivity contribution in [1.29, 1.82) is 0 Å². The Labute approximate surface area is 81.3 Å². The molecule has 0 aromatic carbocycles. The van der Waals surface area contributed by atoms with Gasteiger partial charge in [-0.15, -0.1) is 0 Å². The summed E-state index contributed by atoms with van der Waals surface area (Å²) in [6.45, 7) is 1.94. The number of aliphatic hydroxyl groups is 1. The maximum Gasteiger partial charge on any atom is 0.308 e. The van der Waals surface area contributed by atoms with Crippen LogP contribution < -0.4 is 0 Å². The molecule has 5 heteroatoms. The molecule has 0 radical (unpaired) electrons. The molecular weight excluding hydrogens is 188 g/mol. The molecule has 14 heavy (non-hydrogen) atoms. The van der Waals surface area contributed by atoms with Crippen LogP contribution in [-0.4, -0.2) is 35.9 Å². The van der Waals surface area contributed by atoms with Gasteiger partial charge in [0.1, 0.15) is 6.10 Å². The van der Waals surface area contributed by atoms with Gasteiger partial charge < -0.3 is 14.6 Å². The summed E-state index contributed by atoms with van der Waals surface area (Å²) in [5, 5.41) is 9.03. The number of hydrogen-bond acceptors (Lipinski definition) is 5. The van der Waals surface area contributed by atoms with Gasteiger partial charge >= 0.3 is 5.97 Å². The predicted molar refractivity (Wildman–Crippen MR) is 46.3 cm³/mol. The molecule has 0 spiro atoms. The Morgan fingerprint density at radius 2 is 2.43 bits per heavy atom. The summed E-state index contributed by atoms with van der Waals surface area (Å²) < 4.78 is 9.49. The fourth-order valence-electron chi connectivity index (χ4n) is 1.09. The number of hydrogen-bond donors (Lipinski definition) is 1. The molecule has 2 atom stereocenters. The summed E-state index contributed by atoms with van der Waals surface area (Å²) in [6.07, 6.45) is 0.233. The molecule has 5 nitrogen and oxygen atoms in total. The van der Waals surface area contributed by atoms with Crippen molar-refractivity contribution < 1.29 is 24.2 Å². The highest BCUT2D eigenvalue weighted by atomic mass is 16.6. The van der Waals surface area contributed by atoms with Crippen LogP contribution in [0, 0.1) is 0 Å². The first-order valence-corrected chi connectivity index (χ1v) is 4.34. The Morgan fingerprint density at radius 3 is 3.07 bits per heavy atom. The third-order valence-corrected chi connectivity index (χ3v) is 1.70. The van der Waals surface area contributed by atoms with Crippen LogP contribution in [-0.2, 0) is 19.1 Å². The van der Waals surface area contributed by atoms with Crippen LogP contribution in [0.2, 0.25) is 0 Å². The van der Waals surface area contributed by atoms with E-state index in [2.05, 4.69) is 4.74 Å². The van der Waals surface area contributed by atoms with Gasteiger partial charge in [0.25, 0.3) is 0 Å². The number of carbonyl (C=O) groups is 2. The van der Waals surface area contributed by atoms with Gasteiger partial charge in [-0.05, 0) is 19.1 Å². The highest BCUT2D eigenvalue weighted by Gasteiger charge is 2.26. The molecule has 0 fully saturated rings. The van der Waals surface area contributed by atoms with Gasteiger partial charge in [-0.3, -0.25) is 9.59 Å². The number of ketones is 1. The molecule has 1 heterocycles. The second-order valence-electron chi connectivity index (χ2n) is 2.79. The third kappa shape index (κ3) is 2.93. The minimum absolute atomic E-state index is 0.159. The van der Waals surface area contributed by atoms with E-state index < -0.39 is 18.4 Å².